The number of carbonyl (C=O) groups is 1. The summed E-state index contributed by atoms with van der Waals surface area (Å²) < 4.78 is 13.5. The van der Waals surface area contributed by atoms with Crippen LogP contribution in [0.25, 0.3) is 0 Å². The molecule has 0 unspecified atom stereocenters. The highest BCUT2D eigenvalue weighted by atomic mass is 19.1. The maximum Gasteiger partial charge on any atom is 0.322 e. The Morgan fingerprint density at radius 3 is 2.50 bits per heavy atom. The maximum atomic E-state index is 13.5. The van der Waals surface area contributed by atoms with Gasteiger partial charge in [0.05, 0.1) is 5.69 Å². The van der Waals surface area contributed by atoms with Crippen LogP contribution in [0.4, 0.5) is 14.9 Å². The monoisotopic (exact) mass is 250 g/mol. The molecule has 0 bridgehead atoms. The van der Waals surface area contributed by atoms with Crippen molar-refractivity contribution in [1.29, 1.82) is 0 Å². The summed E-state index contributed by atoms with van der Waals surface area (Å²) in [5.74, 6) is -0.400. The van der Waals surface area contributed by atoms with Crippen LogP contribution in [0.2, 0.25) is 0 Å². The third kappa shape index (κ3) is 2.63. The van der Waals surface area contributed by atoms with Crippen molar-refractivity contribution in [2.75, 3.05) is 5.32 Å². The lowest BCUT2D eigenvalue weighted by atomic mass is 9.98. The second kappa shape index (κ2) is 5.38. The van der Waals surface area contributed by atoms with E-state index in [9.17, 15) is 9.18 Å². The highest BCUT2D eigenvalue weighted by molar-refractivity contribution is 5.89. The molecule has 0 aromatic heterocycles. The number of nitrogens with one attached hydrogen (secondary N) is 1. The Kier molecular flexibility index (Phi) is 3.84. The minimum absolute atomic E-state index is 0.209. The summed E-state index contributed by atoms with van der Waals surface area (Å²) in [7, 11) is 0. The molecule has 1 N–H and O–H groups in total. The first-order valence-electron chi connectivity index (χ1n) is 6.43. The topological polar surface area (TPSA) is 32.3 Å². The van der Waals surface area contributed by atoms with Crippen molar-refractivity contribution in [1.82, 2.24) is 4.90 Å². The Bertz CT molecular complexity index is 426. The number of halogens is 1. The van der Waals surface area contributed by atoms with Crippen molar-refractivity contribution in [3.05, 3.63) is 30.1 Å². The van der Waals surface area contributed by atoms with Crippen LogP contribution < -0.4 is 5.32 Å². The molecule has 1 aromatic carbocycles. The highest BCUT2D eigenvalue weighted by Gasteiger charge is 2.29. The number of likely N-dealkylation sites (tertiary alicyclic amines) is 1. The third-order valence-corrected chi connectivity index (χ3v) is 3.54. The lowest BCUT2D eigenvalue weighted by molar-refractivity contribution is 0.133. The molecule has 1 heterocycles. The normalized spacial score (nSPS) is 23.8. The molecule has 1 aromatic rings. The predicted molar refractivity (Wildman–Crippen MR) is 70.0 cm³/mol. The number of anilines is 1. The second-order valence-corrected chi connectivity index (χ2v) is 4.95. The highest BCUT2D eigenvalue weighted by Crippen LogP contribution is 2.24. The van der Waals surface area contributed by atoms with Gasteiger partial charge in [-0.1, -0.05) is 12.1 Å². The van der Waals surface area contributed by atoms with Crippen molar-refractivity contribution >= 4 is 11.7 Å². The molecule has 0 spiro atoms. The summed E-state index contributed by atoms with van der Waals surface area (Å²) in [5.41, 5.74) is 0.243. The molecule has 2 atom stereocenters. The fourth-order valence-electron chi connectivity index (χ4n) is 2.56. The molecule has 2 amide bonds. The fraction of sp³-hybridized carbons (Fsp3) is 0.500. The van der Waals surface area contributed by atoms with E-state index in [0.717, 1.165) is 19.3 Å². The van der Waals surface area contributed by atoms with Crippen LogP contribution in [0, 0.1) is 5.82 Å². The van der Waals surface area contributed by atoms with Gasteiger partial charge in [-0.05, 0) is 45.2 Å². The van der Waals surface area contributed by atoms with Gasteiger partial charge in [0, 0.05) is 12.1 Å². The first-order valence-corrected chi connectivity index (χ1v) is 6.43. The van der Waals surface area contributed by atoms with Gasteiger partial charge in [-0.2, -0.15) is 0 Å². The lowest BCUT2D eigenvalue weighted by Crippen LogP contribution is -2.49. The number of para-hydroxylation sites is 1. The predicted octanol–water partition coefficient (Wildman–Crippen LogP) is 3.62. The van der Waals surface area contributed by atoms with Crippen LogP contribution in [-0.2, 0) is 0 Å². The Morgan fingerprint density at radius 1 is 1.28 bits per heavy atom. The van der Waals surface area contributed by atoms with Crippen molar-refractivity contribution in [2.24, 2.45) is 0 Å². The Labute approximate surface area is 107 Å². The van der Waals surface area contributed by atoms with Crippen LogP contribution in [0.1, 0.15) is 33.1 Å². The minimum Gasteiger partial charge on any atom is -0.319 e. The van der Waals surface area contributed by atoms with E-state index in [4.69, 9.17) is 0 Å². The lowest BCUT2D eigenvalue weighted by Gasteiger charge is -2.38. The van der Waals surface area contributed by atoms with Gasteiger partial charge in [0.25, 0.3) is 0 Å². The number of rotatable bonds is 1. The van der Waals surface area contributed by atoms with Crippen molar-refractivity contribution in [2.45, 2.75) is 45.2 Å². The van der Waals surface area contributed by atoms with Crippen LogP contribution in [0.15, 0.2) is 24.3 Å². The van der Waals surface area contributed by atoms with Crippen LogP contribution >= 0.6 is 0 Å². The van der Waals surface area contributed by atoms with E-state index in [1.54, 1.807) is 18.2 Å². The minimum atomic E-state index is -0.400. The first kappa shape index (κ1) is 12.9. The molecule has 0 aliphatic carbocycles. The van der Waals surface area contributed by atoms with Gasteiger partial charge < -0.3 is 10.2 Å². The molecule has 98 valence electrons. The second-order valence-electron chi connectivity index (χ2n) is 4.95. The Hall–Kier alpha value is -1.58. The van der Waals surface area contributed by atoms with E-state index >= 15 is 0 Å². The van der Waals surface area contributed by atoms with E-state index in [-0.39, 0.29) is 23.8 Å². The summed E-state index contributed by atoms with van der Waals surface area (Å²) in [5, 5.41) is 2.65. The Morgan fingerprint density at radius 2 is 1.89 bits per heavy atom. The molecule has 1 aliphatic rings. The Balaban J connectivity index is 2.09. The molecule has 3 nitrogen and oxygen atoms in total. The van der Waals surface area contributed by atoms with Gasteiger partial charge in [0.2, 0.25) is 0 Å². The zero-order chi connectivity index (χ0) is 13.1. The van der Waals surface area contributed by atoms with Crippen molar-refractivity contribution in [3.63, 3.8) is 0 Å². The molecule has 0 radical (unpaired) electrons. The summed E-state index contributed by atoms with van der Waals surface area (Å²) in [6.07, 6.45) is 3.16. The fourth-order valence-corrected chi connectivity index (χ4v) is 2.56. The first-order chi connectivity index (χ1) is 8.59. The molecule has 18 heavy (non-hydrogen) atoms. The molecule has 0 saturated carbocycles. The molecule has 4 heteroatoms. The third-order valence-electron chi connectivity index (χ3n) is 3.54. The van der Waals surface area contributed by atoms with E-state index in [0.29, 0.717) is 0 Å². The van der Waals surface area contributed by atoms with Gasteiger partial charge in [0.15, 0.2) is 0 Å². The SMILES string of the molecule is C[C@@H]1CCC[C@@H](C)N1C(=O)Nc1ccccc1F. The van der Waals surface area contributed by atoms with Crippen LogP contribution in [-0.4, -0.2) is 23.0 Å². The van der Waals surface area contributed by atoms with Gasteiger partial charge >= 0.3 is 6.03 Å². The van der Waals surface area contributed by atoms with E-state index in [1.807, 2.05) is 18.7 Å². The largest absolute Gasteiger partial charge is 0.322 e. The molecule has 2 rings (SSSR count). The number of urea groups is 1. The van der Waals surface area contributed by atoms with Crippen molar-refractivity contribution in [3.8, 4) is 0 Å². The standard InChI is InChI=1S/C14H19FN2O/c1-10-6-5-7-11(2)17(10)14(18)16-13-9-4-3-8-12(13)15/h3-4,8-11H,5-7H2,1-2H3,(H,16,18)/t10-,11-/m1/s1. The van der Waals surface area contributed by atoms with Crippen LogP contribution in [0.5, 0.6) is 0 Å². The van der Waals surface area contributed by atoms with E-state index < -0.39 is 5.82 Å². The molecule has 1 aliphatic heterocycles. The molecular weight excluding hydrogens is 231 g/mol. The molecule has 1 fully saturated rings. The maximum absolute atomic E-state index is 13.5. The number of piperidine rings is 1. The number of hydrogen-bond acceptors (Lipinski definition) is 1. The molecular formula is C14H19FN2O. The molecule has 1 saturated heterocycles. The summed E-state index contributed by atoms with van der Waals surface area (Å²) in [6, 6.07) is 6.45. The summed E-state index contributed by atoms with van der Waals surface area (Å²) in [4.78, 5) is 14.0. The number of amides is 2. The average molecular weight is 250 g/mol. The quantitative estimate of drug-likeness (QED) is 0.811. The smallest absolute Gasteiger partial charge is 0.319 e. The van der Waals surface area contributed by atoms with Gasteiger partial charge in [-0.3, -0.25) is 0 Å². The summed E-state index contributed by atoms with van der Waals surface area (Å²) in [6.45, 7) is 4.08. The van der Waals surface area contributed by atoms with Crippen LogP contribution in [0.3, 0.4) is 0 Å². The van der Waals surface area contributed by atoms with E-state index in [1.165, 1.54) is 6.07 Å². The zero-order valence-corrected chi connectivity index (χ0v) is 10.8. The van der Waals surface area contributed by atoms with Gasteiger partial charge in [-0.25, -0.2) is 9.18 Å². The van der Waals surface area contributed by atoms with Crippen molar-refractivity contribution < 1.29 is 9.18 Å². The van der Waals surface area contributed by atoms with Gasteiger partial charge in [-0.15, -0.1) is 0 Å². The number of benzene rings is 1. The zero-order valence-electron chi connectivity index (χ0n) is 10.8. The van der Waals surface area contributed by atoms with Gasteiger partial charge in [0.1, 0.15) is 5.82 Å². The van der Waals surface area contributed by atoms with E-state index in [2.05, 4.69) is 5.32 Å². The number of nitrogens with zero attached hydrogens (tertiary/aromatic N) is 1. The number of carbonyl (C=O) groups excluding carboxylic acids is 1. The number of hydrogen-bond donors (Lipinski definition) is 1. The average Bonchev–Trinajstić information content (AvgIpc) is 2.32. The summed E-state index contributed by atoms with van der Waals surface area (Å²) >= 11 is 0.